The third-order valence-corrected chi connectivity index (χ3v) is 7.39. The van der Waals surface area contributed by atoms with E-state index in [9.17, 15) is 17.6 Å². The summed E-state index contributed by atoms with van der Waals surface area (Å²) in [5.74, 6) is -2.89. The maximum absolute atomic E-state index is 13.9. The Morgan fingerprint density at radius 3 is 1.14 bits per heavy atom. The van der Waals surface area contributed by atoms with E-state index >= 15 is 0 Å². The van der Waals surface area contributed by atoms with Crippen molar-refractivity contribution >= 4 is 0 Å². The molecule has 0 spiro atoms. The van der Waals surface area contributed by atoms with Crippen molar-refractivity contribution in [3.05, 3.63) is 167 Å². The minimum absolute atomic E-state index is 0. The van der Waals surface area contributed by atoms with Crippen LogP contribution in [0.5, 0.6) is 0 Å². The number of hydrogen-bond acceptors (Lipinski definition) is 4. The summed E-state index contributed by atoms with van der Waals surface area (Å²) in [5, 5.41) is 0. The van der Waals surface area contributed by atoms with Crippen LogP contribution in [0.15, 0.2) is 109 Å². The van der Waals surface area contributed by atoms with Gasteiger partial charge in [0.1, 0.15) is 0 Å². The summed E-state index contributed by atoms with van der Waals surface area (Å²) >= 11 is 0. The SMILES string of the molecule is COC(Cc1ccc(C)n1-c1ccc(F)[c-]c1F)OC.COC(Cc1ccc(C)n1-c1ccc(F)[c-]c1F)OC.[Ti+4].c1cc[cH-]c1.c1cc[cH-]c1. The van der Waals surface area contributed by atoms with Gasteiger partial charge in [0.05, 0.1) is 0 Å². The number of hydrogen-bond donors (Lipinski definition) is 0. The van der Waals surface area contributed by atoms with E-state index in [1.807, 2.05) is 111 Å². The number of methoxy groups -OCH3 is 4. The normalized spacial score (nSPS) is 10.4. The summed E-state index contributed by atoms with van der Waals surface area (Å²) in [5.41, 5.74) is 3.82. The predicted molar refractivity (Wildman–Crippen MR) is 186 cm³/mol. The monoisotopic (exact) mass is 738 g/mol. The molecule has 0 N–H and O–H groups in total. The van der Waals surface area contributed by atoms with Gasteiger partial charge in [0.15, 0.2) is 12.6 Å². The standard InChI is InChI=1S/2C15H16F2NO2.2C5H5.Ti/c2*1-10-4-6-12(9-15(19-2)20-3)18(10)14-7-5-11(16)8-13(14)17;2*1-2-4-5-3-1;/h2*4-7,15H,9H2,1-3H3;2*1-5H;/q4*-1;+4. The zero-order chi connectivity index (χ0) is 36.5. The number of aromatic nitrogens is 2. The van der Waals surface area contributed by atoms with Gasteiger partial charge in [-0.25, -0.2) is 41.8 Å². The van der Waals surface area contributed by atoms with Crippen LogP contribution in [0.25, 0.3) is 11.4 Å². The quantitative estimate of drug-likeness (QED) is 0.0610. The van der Waals surface area contributed by atoms with Gasteiger partial charge in [0.2, 0.25) is 0 Å². The number of aryl methyl sites for hydroxylation is 2. The van der Waals surface area contributed by atoms with E-state index < -0.39 is 35.8 Å². The molecule has 0 bridgehead atoms. The zero-order valence-electron chi connectivity index (χ0n) is 29.5. The van der Waals surface area contributed by atoms with Crippen molar-refractivity contribution in [1.29, 1.82) is 0 Å². The predicted octanol–water partition coefficient (Wildman–Crippen LogP) is 8.86. The Bertz CT molecular complexity index is 1630. The second-order valence-electron chi connectivity index (χ2n) is 10.7. The Kier molecular flexibility index (Phi) is 19.2. The van der Waals surface area contributed by atoms with Gasteiger partial charge in [-0.1, -0.05) is 0 Å². The van der Waals surface area contributed by atoms with Crippen molar-refractivity contribution in [3.8, 4) is 11.4 Å². The third-order valence-electron chi connectivity index (χ3n) is 7.39. The molecule has 268 valence electrons. The van der Waals surface area contributed by atoms with Crippen LogP contribution in [-0.2, 0) is 53.5 Å². The molecule has 0 aliphatic carbocycles. The third kappa shape index (κ3) is 13.2. The Balaban J connectivity index is 0.000000273. The topological polar surface area (TPSA) is 46.8 Å². The Morgan fingerprint density at radius 1 is 0.549 bits per heavy atom. The van der Waals surface area contributed by atoms with E-state index in [4.69, 9.17) is 18.9 Å². The van der Waals surface area contributed by atoms with E-state index in [0.29, 0.717) is 12.8 Å². The van der Waals surface area contributed by atoms with Crippen LogP contribution in [0, 0.1) is 49.2 Å². The molecule has 0 radical (unpaired) electrons. The number of ether oxygens (including phenoxy) is 4. The van der Waals surface area contributed by atoms with Crippen LogP contribution in [0.3, 0.4) is 0 Å². The molecule has 0 atom stereocenters. The van der Waals surface area contributed by atoms with Gasteiger partial charge in [-0.2, -0.15) is 36.4 Å². The average molecular weight is 739 g/mol. The first kappa shape index (κ1) is 43.1. The maximum atomic E-state index is 13.9. The first-order chi connectivity index (χ1) is 24.1. The molecule has 0 aliphatic heterocycles. The van der Waals surface area contributed by atoms with Crippen LogP contribution >= 0.6 is 0 Å². The van der Waals surface area contributed by atoms with E-state index in [1.54, 1.807) is 37.6 Å². The van der Waals surface area contributed by atoms with Crippen LogP contribution < -0.4 is 0 Å². The van der Waals surface area contributed by atoms with Gasteiger partial charge < -0.3 is 28.1 Å². The van der Waals surface area contributed by atoms with E-state index in [1.165, 1.54) is 24.3 Å². The minimum atomic E-state index is -0.725. The minimum Gasteiger partial charge on any atom is -0.369 e. The summed E-state index contributed by atoms with van der Waals surface area (Å²) < 4.78 is 77.8. The molecule has 0 amide bonds. The number of benzene rings is 2. The van der Waals surface area contributed by atoms with Crippen molar-refractivity contribution in [2.24, 2.45) is 0 Å². The van der Waals surface area contributed by atoms with Crippen LogP contribution in [0.2, 0.25) is 0 Å². The molecule has 0 fully saturated rings. The molecule has 0 saturated carbocycles. The molecule has 0 saturated heterocycles. The van der Waals surface area contributed by atoms with Crippen molar-refractivity contribution < 1.29 is 58.2 Å². The zero-order valence-corrected chi connectivity index (χ0v) is 31.1. The average Bonchev–Trinajstić information content (AvgIpc) is 3.95. The Morgan fingerprint density at radius 2 is 0.882 bits per heavy atom. The summed E-state index contributed by atoms with van der Waals surface area (Å²) in [6, 6.07) is 36.7. The molecule has 51 heavy (non-hydrogen) atoms. The van der Waals surface area contributed by atoms with Crippen LogP contribution in [0.1, 0.15) is 22.8 Å². The van der Waals surface area contributed by atoms with Crippen molar-refractivity contribution in [1.82, 2.24) is 9.13 Å². The molecule has 6 rings (SSSR count). The summed E-state index contributed by atoms with van der Waals surface area (Å²) in [4.78, 5) is 0. The Labute approximate surface area is 312 Å². The van der Waals surface area contributed by atoms with Gasteiger partial charge in [0, 0.05) is 87.3 Å². The summed E-state index contributed by atoms with van der Waals surface area (Å²) in [6.07, 6.45) is 0.0704. The second-order valence-corrected chi connectivity index (χ2v) is 10.7. The van der Waals surface area contributed by atoms with Crippen LogP contribution in [-0.4, -0.2) is 50.2 Å². The Hall–Kier alpha value is -4.03. The first-order valence-electron chi connectivity index (χ1n) is 15.7. The van der Waals surface area contributed by atoms with Gasteiger partial charge in [-0.05, 0) is 49.5 Å². The van der Waals surface area contributed by atoms with Crippen molar-refractivity contribution in [3.63, 3.8) is 0 Å². The van der Waals surface area contributed by atoms with Gasteiger partial charge in [-0.15, -0.1) is 36.4 Å². The second kappa shape index (κ2) is 22.7. The molecule has 6 aromatic rings. The molecular formula is C40H42F4N2O4Ti. The number of rotatable bonds is 10. The van der Waals surface area contributed by atoms with Crippen molar-refractivity contribution in [2.45, 2.75) is 39.3 Å². The largest absolute Gasteiger partial charge is 4.00 e. The van der Waals surface area contributed by atoms with Gasteiger partial charge >= 0.3 is 21.7 Å². The fourth-order valence-electron chi connectivity index (χ4n) is 4.92. The molecular weight excluding hydrogens is 696 g/mol. The molecule has 2 heterocycles. The number of halogens is 4. The van der Waals surface area contributed by atoms with E-state index in [-0.39, 0.29) is 33.1 Å². The molecule has 0 unspecified atom stereocenters. The first-order valence-corrected chi connectivity index (χ1v) is 15.7. The molecule has 2 aromatic heterocycles. The summed E-state index contributed by atoms with van der Waals surface area (Å²) in [6.45, 7) is 3.70. The van der Waals surface area contributed by atoms with E-state index in [2.05, 4.69) is 0 Å². The molecule has 4 aromatic carbocycles. The summed E-state index contributed by atoms with van der Waals surface area (Å²) in [7, 11) is 6.17. The van der Waals surface area contributed by atoms with Gasteiger partial charge in [-0.3, -0.25) is 0 Å². The fourth-order valence-corrected chi connectivity index (χ4v) is 4.92. The van der Waals surface area contributed by atoms with Crippen LogP contribution in [0.4, 0.5) is 17.6 Å². The number of nitrogens with zero attached hydrogens (tertiary/aromatic N) is 2. The molecule has 11 heteroatoms. The molecule has 6 nitrogen and oxygen atoms in total. The molecule has 0 aliphatic rings. The van der Waals surface area contributed by atoms with E-state index in [0.717, 1.165) is 22.8 Å². The smallest absolute Gasteiger partial charge is 0.369 e. The maximum Gasteiger partial charge on any atom is 4.00 e. The van der Waals surface area contributed by atoms with Crippen molar-refractivity contribution in [2.75, 3.05) is 28.4 Å². The fraction of sp³-hybridized carbons (Fsp3) is 0.250. The van der Waals surface area contributed by atoms with Gasteiger partial charge in [0.25, 0.3) is 0 Å².